The molecule has 6 nitrogen and oxygen atoms in total. The Balaban J connectivity index is 1.74. The topological polar surface area (TPSA) is 72.9 Å². The van der Waals surface area contributed by atoms with E-state index in [1.165, 1.54) is 0 Å². The number of hydrogen-bond acceptors (Lipinski definition) is 5. The summed E-state index contributed by atoms with van der Waals surface area (Å²) in [5, 5.41) is 0. The molecule has 3 rings (SSSR count). The molecule has 0 radical (unpaired) electrons. The zero-order valence-corrected chi connectivity index (χ0v) is 15.5. The normalized spacial score (nSPS) is 19.2. The highest BCUT2D eigenvalue weighted by atomic mass is 32.2. The van der Waals surface area contributed by atoms with Gasteiger partial charge in [0.15, 0.2) is 0 Å². The molecule has 2 atom stereocenters. The standard InChI is InChI=1S/C19H21NO5S/c1-14(15-6-4-3-5-7-15)20-12-18(24-13-19(20)21)16-8-10-17(11-9-16)25-26(2,22)23/h3-11,14,18H,12-13H2,1-2H3/t14-,18+/m1/s1. The van der Waals surface area contributed by atoms with E-state index in [9.17, 15) is 13.2 Å². The Morgan fingerprint density at radius 3 is 2.38 bits per heavy atom. The van der Waals surface area contributed by atoms with Crippen LogP contribution in [0.5, 0.6) is 5.75 Å². The minimum Gasteiger partial charge on any atom is -0.383 e. The Hall–Kier alpha value is -2.38. The maximum Gasteiger partial charge on any atom is 0.306 e. The van der Waals surface area contributed by atoms with Crippen LogP contribution in [-0.2, 0) is 19.6 Å². The predicted octanol–water partition coefficient (Wildman–Crippen LogP) is 2.69. The summed E-state index contributed by atoms with van der Waals surface area (Å²) in [6.45, 7) is 2.45. The fourth-order valence-electron chi connectivity index (χ4n) is 2.99. The predicted molar refractivity (Wildman–Crippen MR) is 97.2 cm³/mol. The molecule has 2 aromatic carbocycles. The molecule has 1 aliphatic rings. The molecule has 2 aromatic rings. The number of ether oxygens (including phenoxy) is 1. The van der Waals surface area contributed by atoms with Crippen molar-refractivity contribution in [3.8, 4) is 5.75 Å². The molecule has 0 aliphatic carbocycles. The van der Waals surface area contributed by atoms with E-state index >= 15 is 0 Å². The number of hydrogen-bond donors (Lipinski definition) is 0. The quantitative estimate of drug-likeness (QED) is 0.752. The van der Waals surface area contributed by atoms with Crippen LogP contribution >= 0.6 is 0 Å². The van der Waals surface area contributed by atoms with E-state index in [4.69, 9.17) is 8.92 Å². The zero-order valence-electron chi connectivity index (χ0n) is 14.7. The summed E-state index contributed by atoms with van der Waals surface area (Å²) in [4.78, 5) is 14.1. The SMILES string of the molecule is C[C@H](c1ccccc1)N1C[C@@H](c2ccc(OS(C)(=O)=O)cc2)OCC1=O. The molecule has 0 spiro atoms. The van der Waals surface area contributed by atoms with Crippen molar-refractivity contribution in [2.45, 2.75) is 19.1 Å². The van der Waals surface area contributed by atoms with Crippen molar-refractivity contribution in [3.63, 3.8) is 0 Å². The van der Waals surface area contributed by atoms with Crippen LogP contribution < -0.4 is 4.18 Å². The fraction of sp³-hybridized carbons (Fsp3) is 0.316. The van der Waals surface area contributed by atoms with Gasteiger partial charge in [0.05, 0.1) is 18.8 Å². The molecule has 0 saturated carbocycles. The van der Waals surface area contributed by atoms with Crippen LogP contribution in [0.2, 0.25) is 0 Å². The highest BCUT2D eigenvalue weighted by Gasteiger charge is 2.31. The number of benzene rings is 2. The molecule has 0 bridgehead atoms. The van der Waals surface area contributed by atoms with Gasteiger partial charge >= 0.3 is 10.1 Å². The number of morpholine rings is 1. The van der Waals surface area contributed by atoms with Gasteiger partial charge < -0.3 is 13.8 Å². The molecule has 1 fully saturated rings. The molecule has 0 aromatic heterocycles. The molecular formula is C19H21NO5S. The fourth-order valence-corrected chi connectivity index (χ4v) is 3.45. The summed E-state index contributed by atoms with van der Waals surface area (Å²) >= 11 is 0. The van der Waals surface area contributed by atoms with Crippen molar-refractivity contribution in [1.82, 2.24) is 4.90 Å². The van der Waals surface area contributed by atoms with Gasteiger partial charge in [-0.2, -0.15) is 8.42 Å². The highest BCUT2D eigenvalue weighted by molar-refractivity contribution is 7.86. The minimum absolute atomic E-state index is 0.0173. The lowest BCUT2D eigenvalue weighted by atomic mass is 10.0. The lowest BCUT2D eigenvalue weighted by molar-refractivity contribution is -0.152. The van der Waals surface area contributed by atoms with Gasteiger partial charge in [0.25, 0.3) is 0 Å². The minimum atomic E-state index is -3.56. The summed E-state index contributed by atoms with van der Waals surface area (Å²) in [6, 6.07) is 16.5. The lowest BCUT2D eigenvalue weighted by Gasteiger charge is -2.37. The molecule has 1 heterocycles. The second kappa shape index (κ2) is 7.47. The molecular weight excluding hydrogens is 354 g/mol. The van der Waals surface area contributed by atoms with Crippen LogP contribution in [0.4, 0.5) is 0 Å². The van der Waals surface area contributed by atoms with E-state index in [0.29, 0.717) is 6.54 Å². The number of rotatable bonds is 5. The first kappa shape index (κ1) is 18.4. The summed E-state index contributed by atoms with van der Waals surface area (Å²) < 4.78 is 32.9. The number of carbonyl (C=O) groups is 1. The average Bonchev–Trinajstić information content (AvgIpc) is 2.62. The largest absolute Gasteiger partial charge is 0.383 e. The maximum atomic E-state index is 12.3. The first-order chi connectivity index (χ1) is 12.3. The maximum absolute atomic E-state index is 12.3. The van der Waals surface area contributed by atoms with Crippen molar-refractivity contribution in [2.24, 2.45) is 0 Å². The third-order valence-corrected chi connectivity index (χ3v) is 4.84. The van der Waals surface area contributed by atoms with Crippen LogP contribution in [0.15, 0.2) is 54.6 Å². The van der Waals surface area contributed by atoms with Gasteiger partial charge in [0.2, 0.25) is 5.91 Å². The van der Waals surface area contributed by atoms with Gasteiger partial charge in [-0.25, -0.2) is 0 Å². The van der Waals surface area contributed by atoms with Gasteiger partial charge in [-0.1, -0.05) is 42.5 Å². The van der Waals surface area contributed by atoms with Crippen molar-refractivity contribution in [3.05, 3.63) is 65.7 Å². The number of nitrogens with zero attached hydrogens (tertiary/aromatic N) is 1. The second-order valence-electron chi connectivity index (χ2n) is 6.29. The van der Waals surface area contributed by atoms with Gasteiger partial charge in [-0.05, 0) is 30.2 Å². The molecule has 0 unspecified atom stereocenters. The number of amides is 1. The molecule has 26 heavy (non-hydrogen) atoms. The molecule has 7 heteroatoms. The van der Waals surface area contributed by atoms with Crippen molar-refractivity contribution < 1.29 is 22.1 Å². The molecule has 1 aliphatic heterocycles. The van der Waals surface area contributed by atoms with Crippen LogP contribution in [0.3, 0.4) is 0 Å². The summed E-state index contributed by atoms with van der Waals surface area (Å²) in [5.74, 6) is 0.201. The Bertz CT molecular complexity index is 865. The Kier molecular flexibility index (Phi) is 5.29. The zero-order chi connectivity index (χ0) is 18.7. The van der Waals surface area contributed by atoms with E-state index in [0.717, 1.165) is 17.4 Å². The van der Waals surface area contributed by atoms with E-state index in [-0.39, 0.29) is 30.4 Å². The van der Waals surface area contributed by atoms with E-state index in [1.807, 2.05) is 42.2 Å². The van der Waals surface area contributed by atoms with E-state index in [2.05, 4.69) is 0 Å². The lowest BCUT2D eigenvalue weighted by Crippen LogP contribution is -2.44. The van der Waals surface area contributed by atoms with Gasteiger partial charge in [0, 0.05) is 0 Å². The summed E-state index contributed by atoms with van der Waals surface area (Å²) in [5.41, 5.74) is 1.93. The smallest absolute Gasteiger partial charge is 0.306 e. The first-order valence-corrected chi connectivity index (χ1v) is 10.1. The van der Waals surface area contributed by atoms with Crippen molar-refractivity contribution >= 4 is 16.0 Å². The van der Waals surface area contributed by atoms with Crippen LogP contribution in [0, 0.1) is 0 Å². The van der Waals surface area contributed by atoms with Crippen molar-refractivity contribution in [2.75, 3.05) is 19.4 Å². The van der Waals surface area contributed by atoms with E-state index < -0.39 is 10.1 Å². The number of carbonyl (C=O) groups excluding carboxylic acids is 1. The first-order valence-electron chi connectivity index (χ1n) is 8.29. The van der Waals surface area contributed by atoms with Crippen LogP contribution in [0.1, 0.15) is 30.2 Å². The third-order valence-electron chi connectivity index (χ3n) is 4.34. The third kappa shape index (κ3) is 4.42. The van der Waals surface area contributed by atoms with Gasteiger partial charge in [-0.3, -0.25) is 4.79 Å². The van der Waals surface area contributed by atoms with Crippen LogP contribution in [-0.4, -0.2) is 38.6 Å². The summed E-state index contributed by atoms with van der Waals surface area (Å²) in [7, 11) is -3.56. The monoisotopic (exact) mass is 375 g/mol. The van der Waals surface area contributed by atoms with Gasteiger partial charge in [0.1, 0.15) is 18.5 Å². The Morgan fingerprint density at radius 2 is 1.77 bits per heavy atom. The average molecular weight is 375 g/mol. The van der Waals surface area contributed by atoms with Gasteiger partial charge in [-0.15, -0.1) is 0 Å². The molecule has 1 saturated heterocycles. The van der Waals surface area contributed by atoms with Crippen molar-refractivity contribution in [1.29, 1.82) is 0 Å². The second-order valence-corrected chi connectivity index (χ2v) is 7.86. The molecule has 1 amide bonds. The Morgan fingerprint density at radius 1 is 1.12 bits per heavy atom. The Labute approximate surface area is 153 Å². The molecule has 0 N–H and O–H groups in total. The highest BCUT2D eigenvalue weighted by Crippen LogP contribution is 2.30. The summed E-state index contributed by atoms with van der Waals surface area (Å²) in [6.07, 6.45) is 0.728. The molecule has 138 valence electrons. The van der Waals surface area contributed by atoms with E-state index in [1.54, 1.807) is 24.3 Å². The van der Waals surface area contributed by atoms with Crippen LogP contribution in [0.25, 0.3) is 0 Å².